The number of pyridine rings is 1. The van der Waals surface area contributed by atoms with Crippen LogP contribution in [0.1, 0.15) is 11.1 Å². The molecule has 2 aromatic rings. The number of aromatic nitrogens is 1. The smallest absolute Gasteiger partial charge is 0.213 e. The molecule has 0 aliphatic rings. The first-order valence-corrected chi connectivity index (χ1v) is 6.19. The summed E-state index contributed by atoms with van der Waals surface area (Å²) < 4.78 is 5.03. The number of para-hydroxylation sites is 1. The van der Waals surface area contributed by atoms with E-state index in [2.05, 4.69) is 10.3 Å². The zero-order valence-electron chi connectivity index (χ0n) is 10.8. The molecule has 0 fully saturated rings. The van der Waals surface area contributed by atoms with E-state index in [1.54, 1.807) is 19.4 Å². The number of anilines is 2. The lowest BCUT2D eigenvalue weighted by Gasteiger charge is -2.14. The average molecular weight is 273 g/mol. The van der Waals surface area contributed by atoms with Gasteiger partial charge in [0, 0.05) is 11.6 Å². The van der Waals surface area contributed by atoms with Crippen LogP contribution in [0.3, 0.4) is 0 Å². The molecular weight excluding hydrogens is 258 g/mol. The van der Waals surface area contributed by atoms with Gasteiger partial charge in [-0.05, 0) is 24.6 Å². The van der Waals surface area contributed by atoms with Gasteiger partial charge in [-0.3, -0.25) is 0 Å². The Bertz CT molecular complexity index is 596. The van der Waals surface area contributed by atoms with E-state index in [1.807, 2.05) is 31.2 Å². The second kappa shape index (κ2) is 5.67. The van der Waals surface area contributed by atoms with Gasteiger partial charge in [-0.1, -0.05) is 24.4 Å². The third-order valence-corrected chi connectivity index (χ3v) is 2.97. The minimum atomic E-state index is 0.368. The van der Waals surface area contributed by atoms with Crippen LogP contribution in [0.25, 0.3) is 0 Å². The largest absolute Gasteiger partial charge is 0.481 e. The maximum atomic E-state index is 5.74. The Kier molecular flexibility index (Phi) is 3.97. The van der Waals surface area contributed by atoms with Crippen LogP contribution in [0.15, 0.2) is 36.5 Å². The van der Waals surface area contributed by atoms with Crippen molar-refractivity contribution in [3.63, 3.8) is 0 Å². The minimum absolute atomic E-state index is 0.368. The SMILES string of the molecule is COc1ccc(Nc2c(C)cccc2C(N)=S)cn1. The van der Waals surface area contributed by atoms with Crippen LogP contribution in [0.4, 0.5) is 11.4 Å². The summed E-state index contributed by atoms with van der Waals surface area (Å²) in [5, 5.41) is 3.29. The van der Waals surface area contributed by atoms with Crippen molar-refractivity contribution >= 4 is 28.6 Å². The third kappa shape index (κ3) is 3.00. The van der Waals surface area contributed by atoms with Crippen molar-refractivity contribution in [3.8, 4) is 5.88 Å². The second-order valence-electron chi connectivity index (χ2n) is 4.08. The Morgan fingerprint density at radius 1 is 1.32 bits per heavy atom. The highest BCUT2D eigenvalue weighted by Gasteiger charge is 2.08. The molecule has 0 atom stereocenters. The van der Waals surface area contributed by atoms with Crippen LogP contribution in [0.5, 0.6) is 5.88 Å². The summed E-state index contributed by atoms with van der Waals surface area (Å²) in [5.74, 6) is 0.574. The maximum absolute atomic E-state index is 5.74. The summed E-state index contributed by atoms with van der Waals surface area (Å²) >= 11 is 5.07. The van der Waals surface area contributed by atoms with E-state index in [0.29, 0.717) is 10.9 Å². The number of rotatable bonds is 4. The van der Waals surface area contributed by atoms with Gasteiger partial charge >= 0.3 is 0 Å². The molecule has 98 valence electrons. The highest BCUT2D eigenvalue weighted by molar-refractivity contribution is 7.80. The Balaban J connectivity index is 2.34. The van der Waals surface area contributed by atoms with E-state index in [9.17, 15) is 0 Å². The van der Waals surface area contributed by atoms with Gasteiger partial charge in [-0.15, -0.1) is 0 Å². The molecule has 1 heterocycles. The van der Waals surface area contributed by atoms with E-state index in [4.69, 9.17) is 22.7 Å². The van der Waals surface area contributed by atoms with Gasteiger partial charge in [0.05, 0.1) is 24.7 Å². The number of nitrogens with one attached hydrogen (secondary N) is 1. The van der Waals surface area contributed by atoms with Crippen LogP contribution in [0.2, 0.25) is 0 Å². The monoisotopic (exact) mass is 273 g/mol. The van der Waals surface area contributed by atoms with E-state index in [1.165, 1.54) is 0 Å². The first-order valence-electron chi connectivity index (χ1n) is 5.78. The van der Waals surface area contributed by atoms with Gasteiger partial charge < -0.3 is 15.8 Å². The van der Waals surface area contributed by atoms with Crippen molar-refractivity contribution in [2.45, 2.75) is 6.92 Å². The van der Waals surface area contributed by atoms with Crippen molar-refractivity contribution < 1.29 is 4.74 Å². The van der Waals surface area contributed by atoms with Crippen molar-refractivity contribution in [2.75, 3.05) is 12.4 Å². The predicted molar refractivity (Wildman–Crippen MR) is 81.1 cm³/mol. The second-order valence-corrected chi connectivity index (χ2v) is 4.52. The molecule has 0 aliphatic heterocycles. The summed E-state index contributed by atoms with van der Waals surface area (Å²) in [6.07, 6.45) is 1.70. The molecular formula is C14H15N3OS. The van der Waals surface area contributed by atoms with Crippen molar-refractivity contribution in [1.29, 1.82) is 0 Å². The molecule has 0 amide bonds. The first-order chi connectivity index (χ1) is 9.11. The van der Waals surface area contributed by atoms with Gasteiger partial charge in [0.1, 0.15) is 4.99 Å². The molecule has 19 heavy (non-hydrogen) atoms. The van der Waals surface area contributed by atoms with Crippen LogP contribution in [-0.4, -0.2) is 17.1 Å². The van der Waals surface area contributed by atoms with Crippen molar-refractivity contribution in [1.82, 2.24) is 4.98 Å². The number of hydrogen-bond acceptors (Lipinski definition) is 4. The number of hydrogen-bond donors (Lipinski definition) is 2. The molecule has 0 bridgehead atoms. The van der Waals surface area contributed by atoms with Gasteiger partial charge in [-0.25, -0.2) is 4.98 Å². The van der Waals surface area contributed by atoms with Crippen molar-refractivity contribution in [3.05, 3.63) is 47.7 Å². The van der Waals surface area contributed by atoms with Crippen LogP contribution < -0.4 is 15.8 Å². The number of ether oxygens (including phenoxy) is 1. The van der Waals surface area contributed by atoms with E-state index in [-0.39, 0.29) is 0 Å². The lowest BCUT2D eigenvalue weighted by molar-refractivity contribution is 0.398. The van der Waals surface area contributed by atoms with E-state index in [0.717, 1.165) is 22.5 Å². The molecule has 0 saturated heterocycles. The molecule has 5 heteroatoms. The minimum Gasteiger partial charge on any atom is -0.481 e. The highest BCUT2D eigenvalue weighted by atomic mass is 32.1. The van der Waals surface area contributed by atoms with Crippen LogP contribution >= 0.6 is 12.2 Å². The number of benzene rings is 1. The lowest BCUT2D eigenvalue weighted by Crippen LogP contribution is -2.12. The molecule has 1 aromatic heterocycles. The van der Waals surface area contributed by atoms with Crippen molar-refractivity contribution in [2.24, 2.45) is 5.73 Å². The Morgan fingerprint density at radius 3 is 2.68 bits per heavy atom. The number of nitrogens with zero attached hydrogens (tertiary/aromatic N) is 1. The summed E-state index contributed by atoms with van der Waals surface area (Å²) in [6.45, 7) is 2.00. The lowest BCUT2D eigenvalue weighted by atomic mass is 10.1. The summed E-state index contributed by atoms with van der Waals surface area (Å²) in [5.41, 5.74) is 9.39. The van der Waals surface area contributed by atoms with Gasteiger partial charge in [-0.2, -0.15) is 0 Å². The predicted octanol–water partition coefficient (Wildman–Crippen LogP) is 2.78. The molecule has 3 N–H and O–H groups in total. The molecule has 0 saturated carbocycles. The molecule has 0 unspecified atom stereocenters. The van der Waals surface area contributed by atoms with Gasteiger partial charge in [0.15, 0.2) is 0 Å². The fraction of sp³-hybridized carbons (Fsp3) is 0.143. The zero-order valence-corrected chi connectivity index (χ0v) is 11.6. The number of methoxy groups -OCH3 is 1. The fourth-order valence-corrected chi connectivity index (χ4v) is 1.93. The number of thiocarbonyl (C=S) groups is 1. The third-order valence-electron chi connectivity index (χ3n) is 2.75. The molecule has 2 rings (SSSR count). The van der Waals surface area contributed by atoms with E-state index >= 15 is 0 Å². The standard InChI is InChI=1S/C14H15N3OS/c1-9-4-3-5-11(14(15)19)13(9)17-10-6-7-12(18-2)16-8-10/h3-8,17H,1-2H3,(H2,15,19). The molecule has 0 aliphatic carbocycles. The summed E-state index contributed by atoms with van der Waals surface area (Å²) in [4.78, 5) is 4.52. The average Bonchev–Trinajstić information content (AvgIpc) is 2.41. The topological polar surface area (TPSA) is 60.2 Å². The Labute approximate surface area is 117 Å². The fourth-order valence-electron chi connectivity index (χ4n) is 1.76. The molecule has 0 spiro atoms. The molecule has 1 aromatic carbocycles. The van der Waals surface area contributed by atoms with E-state index < -0.39 is 0 Å². The highest BCUT2D eigenvalue weighted by Crippen LogP contribution is 2.25. The molecule has 0 radical (unpaired) electrons. The van der Waals surface area contributed by atoms with Gasteiger partial charge in [0.25, 0.3) is 0 Å². The van der Waals surface area contributed by atoms with Crippen LogP contribution in [0, 0.1) is 6.92 Å². The van der Waals surface area contributed by atoms with Gasteiger partial charge in [0.2, 0.25) is 5.88 Å². The summed E-state index contributed by atoms with van der Waals surface area (Å²) in [7, 11) is 1.59. The molecule has 4 nitrogen and oxygen atoms in total. The first kappa shape index (κ1) is 13.3. The quantitative estimate of drug-likeness (QED) is 0.839. The Hall–Kier alpha value is -2.14. The summed E-state index contributed by atoms with van der Waals surface area (Å²) in [6, 6.07) is 9.51. The maximum Gasteiger partial charge on any atom is 0.213 e. The normalized spacial score (nSPS) is 10.0. The zero-order chi connectivity index (χ0) is 13.8. The number of aryl methyl sites for hydroxylation is 1. The Morgan fingerprint density at radius 2 is 2.11 bits per heavy atom. The van der Waals surface area contributed by atoms with Crippen LogP contribution in [-0.2, 0) is 0 Å². The number of nitrogens with two attached hydrogens (primary N) is 1.